The maximum atomic E-state index is 14.4. The summed E-state index contributed by atoms with van der Waals surface area (Å²) in [5, 5.41) is 12.4. The SMILES string of the molecule is COCCN(CC(N)=O)C(=O)CN(CCN)C(=O)CN(CCOC)C(=O)CN(CCN)C(=O)CN(CCOC)C(=O)CN(CCN)C(=O)CN(CCOC)C(=O)CN(CCN)C(=O)CN(CCOC)C(=O)CN(CCN)C(=O)CN(CCOC)C(=O)CN(CCN)C(=O)CCCCCNC(=O)CCN1C(=O)CC(SCC(O)COCC(C)C)C1=O. The number of hydrogen-bond acceptors (Lipinski definition) is 31. The molecule has 46 heteroatoms. The van der Waals surface area contributed by atoms with E-state index in [-0.39, 0.29) is 208 Å². The maximum absolute atomic E-state index is 14.4. The summed E-state index contributed by atoms with van der Waals surface area (Å²) in [6.07, 6.45) is 0.412. The summed E-state index contributed by atoms with van der Waals surface area (Å²) in [5.41, 5.74) is 40.9. The standard InChI is InChI=1S/C74H137N21O24S/c1-56(2)53-119-54-57(96)55-120-58-40-62(100)95(74(58)112)21-13-60(98)82-20-11-9-10-12-61(99)83(22-14-75)42-69(107)90(29-35-114-4)48-64(102)85(24-16-77)44-71(109)92(31-37-116-6)50-66(104)87(26-18-79)46-73(111)94(33-39-118-8)52-67(105)88(27-19-80)47-72(110)93(32-38-117-7)51-65(103)86(25-17-78)45-70(108)91(30-36-115-5)49-63(101)84(23-15-76)43-68(106)89(28-34-113-3)41-59(81)97/h56-58,96H,9-55,75-80H2,1-8H3,(H2,81,97)(H,82,98). The second kappa shape index (κ2) is 64.3. The number of aliphatic hydroxyl groups is 1. The topological polar surface area (TPSA) is 594 Å². The van der Waals surface area contributed by atoms with Crippen LogP contribution >= 0.6 is 11.8 Å². The highest BCUT2D eigenvalue weighted by Gasteiger charge is 2.40. The van der Waals surface area contributed by atoms with Crippen LogP contribution in [0, 0.1) is 5.92 Å². The minimum absolute atomic E-state index is 0.00787. The van der Waals surface area contributed by atoms with Crippen LogP contribution in [-0.2, 0) is 110 Å². The smallest absolute Gasteiger partial charge is 0.242 e. The first-order valence-electron chi connectivity index (χ1n) is 40.1. The average Bonchev–Trinajstić information content (AvgIpc) is 1.73. The van der Waals surface area contributed by atoms with E-state index in [2.05, 4.69) is 5.32 Å². The minimum atomic E-state index is -0.807. The third-order valence-corrected chi connectivity index (χ3v) is 19.7. The summed E-state index contributed by atoms with van der Waals surface area (Å²) in [5.74, 6) is -10.1. The van der Waals surface area contributed by atoms with Gasteiger partial charge in [-0.1, -0.05) is 20.3 Å². The first-order chi connectivity index (χ1) is 57.3. The van der Waals surface area contributed by atoms with Gasteiger partial charge in [-0.25, -0.2) is 0 Å². The number of carbonyl (C=O) groups is 16. The number of ether oxygens (including phenoxy) is 7. The van der Waals surface area contributed by atoms with Crippen molar-refractivity contribution in [3.05, 3.63) is 0 Å². The van der Waals surface area contributed by atoms with E-state index in [0.29, 0.717) is 31.8 Å². The lowest BCUT2D eigenvalue weighted by Gasteiger charge is -2.33. The molecule has 2 atom stereocenters. The van der Waals surface area contributed by atoms with Crippen molar-refractivity contribution in [2.24, 2.45) is 46.1 Å². The molecule has 16 amide bonds. The van der Waals surface area contributed by atoms with E-state index in [1.165, 1.54) is 59.3 Å². The van der Waals surface area contributed by atoms with Crippen LogP contribution < -0.4 is 45.5 Å². The molecule has 1 rings (SSSR count). The molecule has 1 fully saturated rings. The number of likely N-dealkylation sites (tertiary alicyclic amines) is 1. The van der Waals surface area contributed by atoms with Gasteiger partial charge in [0.2, 0.25) is 94.5 Å². The fourth-order valence-electron chi connectivity index (χ4n) is 11.7. The van der Waals surface area contributed by atoms with Crippen molar-refractivity contribution in [1.82, 2.24) is 69.0 Å². The number of methoxy groups -OCH3 is 6. The molecule has 0 aromatic carbocycles. The van der Waals surface area contributed by atoms with E-state index < -0.39 is 178 Å². The van der Waals surface area contributed by atoms with Crippen LogP contribution in [0.4, 0.5) is 0 Å². The summed E-state index contributed by atoms with van der Waals surface area (Å²) in [6.45, 7) is -5.57. The van der Waals surface area contributed by atoms with Gasteiger partial charge in [0.15, 0.2) is 0 Å². The summed E-state index contributed by atoms with van der Waals surface area (Å²) in [4.78, 5) is 234. The van der Waals surface area contributed by atoms with E-state index in [1.54, 1.807) is 0 Å². The van der Waals surface area contributed by atoms with Crippen LogP contribution in [-0.4, -0.2) is 485 Å². The fourth-order valence-corrected chi connectivity index (χ4v) is 12.8. The van der Waals surface area contributed by atoms with Gasteiger partial charge >= 0.3 is 0 Å². The quantitative estimate of drug-likeness (QED) is 0.0202. The number of carbonyl (C=O) groups excluding carboxylic acids is 16. The zero-order valence-electron chi connectivity index (χ0n) is 71.6. The van der Waals surface area contributed by atoms with Gasteiger partial charge in [-0.3, -0.25) is 81.6 Å². The number of nitrogens with two attached hydrogens (primary N) is 7. The third kappa shape index (κ3) is 44.3. The molecule has 1 aliphatic rings. The molecule has 0 radical (unpaired) electrons. The Bertz CT molecular complexity index is 3160. The molecule has 16 N–H and O–H groups in total. The first-order valence-corrected chi connectivity index (χ1v) is 41.1. The van der Waals surface area contributed by atoms with E-state index in [9.17, 15) is 81.8 Å². The third-order valence-electron chi connectivity index (χ3n) is 18.4. The van der Waals surface area contributed by atoms with Gasteiger partial charge in [0.1, 0.15) is 0 Å². The molecule has 1 aliphatic heterocycles. The molecule has 45 nitrogen and oxygen atoms in total. The molecular weight excluding hydrogens is 1600 g/mol. The summed E-state index contributed by atoms with van der Waals surface area (Å²) in [7, 11) is 8.18. The average molecular weight is 1740 g/mol. The van der Waals surface area contributed by atoms with Crippen molar-refractivity contribution in [2.45, 2.75) is 63.7 Å². The van der Waals surface area contributed by atoms with Crippen molar-refractivity contribution in [2.75, 3.05) is 311 Å². The van der Waals surface area contributed by atoms with Gasteiger partial charge in [0.25, 0.3) is 0 Å². The zero-order chi connectivity index (χ0) is 90.1. The molecule has 1 saturated heterocycles. The second-order valence-electron chi connectivity index (χ2n) is 28.3. The Hall–Kier alpha value is -8.49. The Morgan fingerprint density at radius 3 is 0.917 bits per heavy atom. The van der Waals surface area contributed by atoms with Gasteiger partial charge in [0, 0.05) is 205 Å². The van der Waals surface area contributed by atoms with E-state index >= 15 is 0 Å². The van der Waals surface area contributed by atoms with Crippen molar-refractivity contribution in [3.63, 3.8) is 0 Å². The Kier molecular flexibility index (Phi) is 58.7. The molecule has 0 bridgehead atoms. The summed E-state index contributed by atoms with van der Waals surface area (Å²) in [6, 6.07) is 0. The molecule has 1 heterocycles. The van der Waals surface area contributed by atoms with Crippen molar-refractivity contribution < 1.29 is 115 Å². The lowest BCUT2D eigenvalue weighted by atomic mass is 10.1. The number of aliphatic hydroxyl groups excluding tert-OH is 1. The Balaban J connectivity index is 3.25. The van der Waals surface area contributed by atoms with Crippen LogP contribution in [0.5, 0.6) is 0 Å². The molecule has 0 aliphatic carbocycles. The monoisotopic (exact) mass is 1740 g/mol. The lowest BCUT2D eigenvalue weighted by Crippen LogP contribution is -2.54. The fraction of sp³-hybridized carbons (Fsp3) is 0.784. The van der Waals surface area contributed by atoms with Gasteiger partial charge in [-0.05, 0) is 18.8 Å². The van der Waals surface area contributed by atoms with Crippen molar-refractivity contribution >= 4 is 106 Å². The maximum Gasteiger partial charge on any atom is 0.242 e. The zero-order valence-corrected chi connectivity index (χ0v) is 72.4. The van der Waals surface area contributed by atoms with Crippen LogP contribution in [0.25, 0.3) is 0 Å². The summed E-state index contributed by atoms with van der Waals surface area (Å²) < 4.78 is 36.8. The molecule has 688 valence electrons. The number of nitrogens with zero attached hydrogens (tertiary/aromatic N) is 13. The van der Waals surface area contributed by atoms with E-state index in [4.69, 9.17) is 73.3 Å². The van der Waals surface area contributed by atoms with Gasteiger partial charge in [-0.2, -0.15) is 0 Å². The molecule has 0 saturated carbocycles. The molecule has 0 spiro atoms. The van der Waals surface area contributed by atoms with Crippen molar-refractivity contribution in [1.29, 1.82) is 0 Å². The first kappa shape index (κ1) is 110. The van der Waals surface area contributed by atoms with Crippen molar-refractivity contribution in [3.8, 4) is 0 Å². The molecule has 0 aromatic heterocycles. The van der Waals surface area contributed by atoms with Crippen LogP contribution in [0.1, 0.15) is 52.4 Å². The number of imide groups is 1. The molecule has 2 unspecified atom stereocenters. The highest BCUT2D eigenvalue weighted by atomic mass is 32.2. The molecule has 0 aromatic rings. The number of primary amides is 1. The van der Waals surface area contributed by atoms with Crippen LogP contribution in [0.2, 0.25) is 0 Å². The molecular formula is C74H137N21O24S. The molecule has 120 heavy (non-hydrogen) atoms. The van der Waals surface area contributed by atoms with Gasteiger partial charge in [0.05, 0.1) is 136 Å². The minimum Gasteiger partial charge on any atom is -0.390 e. The van der Waals surface area contributed by atoms with Crippen LogP contribution in [0.15, 0.2) is 0 Å². The predicted molar refractivity (Wildman–Crippen MR) is 439 cm³/mol. The van der Waals surface area contributed by atoms with Gasteiger partial charge in [-0.15, -0.1) is 11.8 Å². The number of nitrogens with one attached hydrogen (secondary N) is 1. The van der Waals surface area contributed by atoms with E-state index in [1.807, 2.05) is 13.8 Å². The van der Waals surface area contributed by atoms with Gasteiger partial charge < -0.3 is 143 Å². The lowest BCUT2D eigenvalue weighted by molar-refractivity contribution is -0.149. The Morgan fingerprint density at radius 2 is 0.658 bits per heavy atom. The van der Waals surface area contributed by atoms with E-state index in [0.717, 1.165) is 58.8 Å². The number of thioether (sulfide) groups is 1. The van der Waals surface area contributed by atoms with Crippen LogP contribution in [0.3, 0.4) is 0 Å². The normalized spacial score (nSPS) is 12.7. The Morgan fingerprint density at radius 1 is 0.392 bits per heavy atom. The summed E-state index contributed by atoms with van der Waals surface area (Å²) >= 11 is 1.17. The number of amides is 16. The highest BCUT2D eigenvalue weighted by Crippen LogP contribution is 2.26. The second-order valence-corrected chi connectivity index (χ2v) is 29.6. The Labute approximate surface area is 707 Å². The number of hydrogen-bond donors (Lipinski definition) is 9. The number of unbranched alkanes of at least 4 members (excludes halogenated alkanes) is 2. The predicted octanol–water partition coefficient (Wildman–Crippen LogP) is -9.99. The number of rotatable bonds is 70. The largest absolute Gasteiger partial charge is 0.390 e. The highest BCUT2D eigenvalue weighted by molar-refractivity contribution is 8.00.